The molecule has 22 heavy (non-hydrogen) atoms. The lowest BCUT2D eigenvalue weighted by Gasteiger charge is -2.17. The molecular weight excluding hydrogens is 298 g/mol. The molecule has 0 aliphatic heterocycles. The molecule has 0 saturated heterocycles. The highest BCUT2D eigenvalue weighted by Crippen LogP contribution is 2.24. The molecule has 0 unspecified atom stereocenters. The number of benzene rings is 1. The second kappa shape index (κ2) is 6.27. The molecule has 0 saturated carbocycles. The van der Waals surface area contributed by atoms with E-state index in [4.69, 9.17) is 5.73 Å². The molecule has 2 amide bonds. The van der Waals surface area contributed by atoms with Crippen LogP contribution >= 0.6 is 11.3 Å². The predicted octanol–water partition coefficient (Wildman–Crippen LogP) is 2.82. The number of aromatic nitrogens is 1. The molecule has 0 aliphatic carbocycles. The van der Waals surface area contributed by atoms with Crippen molar-refractivity contribution in [2.24, 2.45) is 11.1 Å². The molecule has 6 heteroatoms. The molecule has 0 bridgehead atoms. The van der Waals surface area contributed by atoms with Crippen LogP contribution in [0.5, 0.6) is 0 Å². The van der Waals surface area contributed by atoms with Crippen LogP contribution in [0.15, 0.2) is 29.6 Å². The summed E-state index contributed by atoms with van der Waals surface area (Å²) in [5.41, 5.74) is 7.21. The number of hydrogen-bond acceptors (Lipinski definition) is 4. The number of amides is 2. The minimum absolute atomic E-state index is 0.0300. The number of carbonyl (C=O) groups is 2. The van der Waals surface area contributed by atoms with Crippen molar-refractivity contribution >= 4 is 28.8 Å². The molecule has 1 aromatic carbocycles. The zero-order valence-corrected chi connectivity index (χ0v) is 13.7. The fourth-order valence-corrected chi connectivity index (χ4v) is 2.53. The Morgan fingerprint density at radius 1 is 1.23 bits per heavy atom. The largest absolute Gasteiger partial charge is 0.369 e. The quantitative estimate of drug-likeness (QED) is 0.909. The third kappa shape index (κ3) is 4.14. The van der Waals surface area contributed by atoms with Gasteiger partial charge in [-0.2, -0.15) is 0 Å². The van der Waals surface area contributed by atoms with Gasteiger partial charge >= 0.3 is 0 Å². The summed E-state index contributed by atoms with van der Waals surface area (Å²) in [4.78, 5) is 27.2. The van der Waals surface area contributed by atoms with Gasteiger partial charge in [-0.05, 0) is 12.1 Å². The Bertz CT molecular complexity index is 684. The standard InChI is InChI=1S/C16H19N3O2S/c1-16(2,3)15(21)18-11-6-4-10(5-7-11)12-9-22-14(19-12)8-13(17)20/h4-7,9H,8H2,1-3H3,(H2,17,20)(H,18,21). The Morgan fingerprint density at radius 3 is 2.41 bits per heavy atom. The second-order valence-electron chi connectivity index (χ2n) is 6.05. The molecule has 0 spiro atoms. The third-order valence-corrected chi connectivity index (χ3v) is 3.85. The maximum atomic E-state index is 11.9. The van der Waals surface area contributed by atoms with Gasteiger partial charge in [0.15, 0.2) is 0 Å². The van der Waals surface area contributed by atoms with Crippen LogP contribution < -0.4 is 11.1 Å². The van der Waals surface area contributed by atoms with Gasteiger partial charge in [0, 0.05) is 22.0 Å². The van der Waals surface area contributed by atoms with Crippen molar-refractivity contribution in [2.75, 3.05) is 5.32 Å². The van der Waals surface area contributed by atoms with E-state index in [1.54, 1.807) is 0 Å². The van der Waals surface area contributed by atoms with Gasteiger partial charge in [-0.3, -0.25) is 9.59 Å². The van der Waals surface area contributed by atoms with Crippen molar-refractivity contribution in [1.82, 2.24) is 4.98 Å². The number of hydrogen-bond donors (Lipinski definition) is 2. The monoisotopic (exact) mass is 317 g/mol. The number of primary amides is 1. The van der Waals surface area contributed by atoms with Crippen LogP contribution in [-0.4, -0.2) is 16.8 Å². The summed E-state index contributed by atoms with van der Waals surface area (Å²) in [5, 5.41) is 5.47. The van der Waals surface area contributed by atoms with Crippen LogP contribution in [0.1, 0.15) is 25.8 Å². The fraction of sp³-hybridized carbons (Fsp3) is 0.312. The molecule has 0 fully saturated rings. The molecule has 2 rings (SSSR count). The number of carbonyl (C=O) groups excluding carboxylic acids is 2. The van der Waals surface area contributed by atoms with Crippen molar-refractivity contribution < 1.29 is 9.59 Å². The van der Waals surface area contributed by atoms with E-state index >= 15 is 0 Å². The first kappa shape index (κ1) is 16.2. The maximum Gasteiger partial charge on any atom is 0.229 e. The molecule has 1 aromatic heterocycles. The van der Waals surface area contributed by atoms with Crippen LogP contribution in [0.2, 0.25) is 0 Å². The zero-order chi connectivity index (χ0) is 16.3. The molecule has 1 heterocycles. The van der Waals surface area contributed by atoms with Gasteiger partial charge in [0.25, 0.3) is 0 Å². The Labute approximate surface area is 133 Å². The number of nitrogens with one attached hydrogen (secondary N) is 1. The summed E-state index contributed by atoms with van der Waals surface area (Å²) < 4.78 is 0. The number of anilines is 1. The minimum atomic E-state index is -0.433. The van der Waals surface area contributed by atoms with E-state index in [0.29, 0.717) is 5.01 Å². The first-order valence-corrected chi connectivity index (χ1v) is 7.78. The van der Waals surface area contributed by atoms with Crippen LogP contribution in [0.3, 0.4) is 0 Å². The average molecular weight is 317 g/mol. The van der Waals surface area contributed by atoms with E-state index in [1.165, 1.54) is 11.3 Å². The number of nitrogens with two attached hydrogens (primary N) is 1. The van der Waals surface area contributed by atoms with Crippen LogP contribution in [-0.2, 0) is 16.0 Å². The number of thiazole rings is 1. The summed E-state index contributed by atoms with van der Waals surface area (Å²) in [6.07, 6.45) is 0.157. The van der Waals surface area contributed by atoms with E-state index in [1.807, 2.05) is 50.4 Å². The maximum absolute atomic E-state index is 11.9. The Balaban J connectivity index is 2.10. The smallest absolute Gasteiger partial charge is 0.229 e. The molecule has 0 radical (unpaired) electrons. The van der Waals surface area contributed by atoms with E-state index in [2.05, 4.69) is 10.3 Å². The lowest BCUT2D eigenvalue weighted by molar-refractivity contribution is -0.123. The highest BCUT2D eigenvalue weighted by Gasteiger charge is 2.21. The van der Waals surface area contributed by atoms with Crippen LogP contribution in [0.4, 0.5) is 5.69 Å². The van der Waals surface area contributed by atoms with E-state index < -0.39 is 5.41 Å². The molecular formula is C16H19N3O2S. The highest BCUT2D eigenvalue weighted by molar-refractivity contribution is 7.10. The molecule has 5 nitrogen and oxygen atoms in total. The number of rotatable bonds is 4. The lowest BCUT2D eigenvalue weighted by atomic mass is 9.95. The second-order valence-corrected chi connectivity index (χ2v) is 6.99. The van der Waals surface area contributed by atoms with Gasteiger partial charge in [-0.1, -0.05) is 32.9 Å². The summed E-state index contributed by atoms with van der Waals surface area (Å²) in [5.74, 6) is -0.418. The SMILES string of the molecule is CC(C)(C)C(=O)Nc1ccc(-c2csc(CC(N)=O)n2)cc1. The van der Waals surface area contributed by atoms with E-state index in [0.717, 1.165) is 16.9 Å². The van der Waals surface area contributed by atoms with Gasteiger partial charge in [0.1, 0.15) is 5.01 Å². The summed E-state index contributed by atoms with van der Waals surface area (Å²) in [6.45, 7) is 5.60. The topological polar surface area (TPSA) is 85.1 Å². The molecule has 2 aromatic rings. The first-order chi connectivity index (χ1) is 10.3. The Kier molecular flexibility index (Phi) is 4.61. The van der Waals surface area contributed by atoms with Crippen molar-refractivity contribution in [3.8, 4) is 11.3 Å². The fourth-order valence-electron chi connectivity index (χ4n) is 1.72. The lowest BCUT2D eigenvalue weighted by Crippen LogP contribution is -2.27. The predicted molar refractivity (Wildman–Crippen MR) is 88.5 cm³/mol. The van der Waals surface area contributed by atoms with Crippen molar-refractivity contribution in [1.29, 1.82) is 0 Å². The Morgan fingerprint density at radius 2 is 1.86 bits per heavy atom. The van der Waals surface area contributed by atoms with Gasteiger partial charge in [0.05, 0.1) is 12.1 Å². The van der Waals surface area contributed by atoms with Crippen LogP contribution in [0, 0.1) is 5.41 Å². The van der Waals surface area contributed by atoms with E-state index in [-0.39, 0.29) is 18.2 Å². The summed E-state index contributed by atoms with van der Waals surface area (Å²) >= 11 is 1.41. The van der Waals surface area contributed by atoms with Gasteiger partial charge in [-0.25, -0.2) is 4.98 Å². The molecule has 3 N–H and O–H groups in total. The normalized spacial score (nSPS) is 11.2. The highest BCUT2D eigenvalue weighted by atomic mass is 32.1. The molecule has 0 aliphatic rings. The summed E-state index contributed by atoms with van der Waals surface area (Å²) in [6, 6.07) is 7.46. The van der Waals surface area contributed by atoms with E-state index in [9.17, 15) is 9.59 Å². The average Bonchev–Trinajstić information content (AvgIpc) is 2.86. The minimum Gasteiger partial charge on any atom is -0.369 e. The zero-order valence-electron chi connectivity index (χ0n) is 12.8. The van der Waals surface area contributed by atoms with Gasteiger partial charge in [0.2, 0.25) is 11.8 Å². The molecule has 0 atom stereocenters. The van der Waals surface area contributed by atoms with Crippen molar-refractivity contribution in [3.63, 3.8) is 0 Å². The van der Waals surface area contributed by atoms with Gasteiger partial charge < -0.3 is 11.1 Å². The first-order valence-electron chi connectivity index (χ1n) is 6.90. The Hall–Kier alpha value is -2.21. The molecule has 116 valence electrons. The number of nitrogens with zero attached hydrogens (tertiary/aromatic N) is 1. The summed E-state index contributed by atoms with van der Waals surface area (Å²) in [7, 11) is 0. The third-order valence-electron chi connectivity index (χ3n) is 3.00. The van der Waals surface area contributed by atoms with Crippen LogP contribution in [0.25, 0.3) is 11.3 Å². The van der Waals surface area contributed by atoms with Crippen molar-refractivity contribution in [2.45, 2.75) is 27.2 Å². The van der Waals surface area contributed by atoms with Crippen molar-refractivity contribution in [3.05, 3.63) is 34.7 Å². The van der Waals surface area contributed by atoms with Gasteiger partial charge in [-0.15, -0.1) is 11.3 Å².